The fourth-order valence-corrected chi connectivity index (χ4v) is 3.99. The number of hydrogen-bond acceptors (Lipinski definition) is 10. The van der Waals surface area contributed by atoms with E-state index in [-0.39, 0.29) is 6.61 Å². The SMILES string of the molecule is CC(=O)OCC(C)C(OC(C)=O)C(OC(C)=O)C(OC(C)=O)C(O)Oc1c(C)cc(Br)cc1C. The van der Waals surface area contributed by atoms with Crippen LogP contribution in [0.5, 0.6) is 5.75 Å². The van der Waals surface area contributed by atoms with Crippen LogP contribution in [0, 0.1) is 19.8 Å². The molecular formula is C23H31BrO10. The molecule has 1 N–H and O–H groups in total. The van der Waals surface area contributed by atoms with E-state index < -0.39 is 54.4 Å². The highest BCUT2D eigenvalue weighted by Gasteiger charge is 2.45. The fraction of sp³-hybridized carbons (Fsp3) is 0.565. The Labute approximate surface area is 207 Å². The van der Waals surface area contributed by atoms with Crippen LogP contribution in [0.3, 0.4) is 0 Å². The van der Waals surface area contributed by atoms with Gasteiger partial charge in [-0.15, -0.1) is 0 Å². The van der Waals surface area contributed by atoms with E-state index in [1.54, 1.807) is 32.9 Å². The van der Waals surface area contributed by atoms with Gasteiger partial charge in [-0.25, -0.2) is 0 Å². The summed E-state index contributed by atoms with van der Waals surface area (Å²) >= 11 is 3.38. The lowest BCUT2D eigenvalue weighted by molar-refractivity contribution is -0.216. The molecule has 0 amide bonds. The van der Waals surface area contributed by atoms with Gasteiger partial charge in [0, 0.05) is 38.1 Å². The molecule has 0 heterocycles. The Kier molecular flexibility index (Phi) is 11.5. The van der Waals surface area contributed by atoms with Crippen LogP contribution in [0.25, 0.3) is 0 Å². The molecule has 0 aromatic heterocycles. The summed E-state index contributed by atoms with van der Waals surface area (Å²) in [6.07, 6.45) is -6.14. The minimum Gasteiger partial charge on any atom is -0.465 e. The van der Waals surface area contributed by atoms with Crippen molar-refractivity contribution in [1.82, 2.24) is 0 Å². The lowest BCUT2D eigenvalue weighted by Crippen LogP contribution is -2.54. The lowest BCUT2D eigenvalue weighted by Gasteiger charge is -2.36. The van der Waals surface area contributed by atoms with Crippen LogP contribution in [0.1, 0.15) is 45.7 Å². The number of halogens is 1. The van der Waals surface area contributed by atoms with Crippen LogP contribution >= 0.6 is 15.9 Å². The molecule has 0 saturated carbocycles. The van der Waals surface area contributed by atoms with E-state index in [0.29, 0.717) is 16.9 Å². The highest BCUT2D eigenvalue weighted by molar-refractivity contribution is 9.10. The van der Waals surface area contributed by atoms with Gasteiger partial charge in [0.05, 0.1) is 6.61 Å². The molecule has 5 unspecified atom stereocenters. The molecule has 0 aliphatic rings. The van der Waals surface area contributed by atoms with Crippen molar-refractivity contribution in [2.24, 2.45) is 5.92 Å². The van der Waals surface area contributed by atoms with Gasteiger partial charge >= 0.3 is 23.9 Å². The first-order valence-corrected chi connectivity index (χ1v) is 11.3. The van der Waals surface area contributed by atoms with Gasteiger partial charge in [0.1, 0.15) is 11.9 Å². The van der Waals surface area contributed by atoms with E-state index in [2.05, 4.69) is 15.9 Å². The molecule has 34 heavy (non-hydrogen) atoms. The third-order valence-electron chi connectivity index (χ3n) is 4.61. The third kappa shape index (κ3) is 9.30. The number of carbonyl (C=O) groups excluding carboxylic acids is 4. The summed E-state index contributed by atoms with van der Waals surface area (Å²) in [6.45, 7) is 9.45. The molecule has 0 spiro atoms. The van der Waals surface area contributed by atoms with E-state index >= 15 is 0 Å². The maximum Gasteiger partial charge on any atom is 0.303 e. The molecule has 5 atom stereocenters. The zero-order chi connectivity index (χ0) is 26.2. The zero-order valence-electron chi connectivity index (χ0n) is 20.2. The number of aryl methyl sites for hydroxylation is 2. The predicted octanol–water partition coefficient (Wildman–Crippen LogP) is 2.76. The third-order valence-corrected chi connectivity index (χ3v) is 5.07. The standard InChI is InChI=1S/C23H31BrO10/c1-11-8-18(24)9-12(2)19(11)34-23(29)22(33-17(7)28)21(32-16(6)27)20(31-15(5)26)13(3)10-30-14(4)25/h8-9,13,20-23,29H,10H2,1-7H3. The molecule has 0 aliphatic heterocycles. The number of aliphatic hydroxyl groups excluding tert-OH is 1. The van der Waals surface area contributed by atoms with E-state index in [0.717, 1.165) is 25.2 Å². The lowest BCUT2D eigenvalue weighted by atomic mass is 9.95. The summed E-state index contributed by atoms with van der Waals surface area (Å²) in [5, 5.41) is 11.0. The van der Waals surface area contributed by atoms with E-state index in [1.807, 2.05) is 0 Å². The Hall–Kier alpha value is -2.66. The van der Waals surface area contributed by atoms with Crippen molar-refractivity contribution in [3.05, 3.63) is 27.7 Å². The number of rotatable bonds is 11. The van der Waals surface area contributed by atoms with Gasteiger partial charge in [0.2, 0.25) is 12.4 Å². The number of ether oxygens (including phenoxy) is 5. The van der Waals surface area contributed by atoms with Crippen molar-refractivity contribution in [3.63, 3.8) is 0 Å². The van der Waals surface area contributed by atoms with Gasteiger partial charge in [0.15, 0.2) is 6.10 Å². The van der Waals surface area contributed by atoms with Crippen LogP contribution in [0.4, 0.5) is 0 Å². The largest absolute Gasteiger partial charge is 0.465 e. The van der Waals surface area contributed by atoms with Crippen LogP contribution in [0.15, 0.2) is 16.6 Å². The summed E-state index contributed by atoms with van der Waals surface area (Å²) in [7, 11) is 0. The van der Waals surface area contributed by atoms with E-state index in [4.69, 9.17) is 23.7 Å². The Morgan fingerprint density at radius 1 is 0.824 bits per heavy atom. The highest BCUT2D eigenvalue weighted by Crippen LogP contribution is 2.30. The number of benzene rings is 1. The first-order chi connectivity index (χ1) is 15.7. The van der Waals surface area contributed by atoms with Gasteiger partial charge < -0.3 is 28.8 Å². The topological polar surface area (TPSA) is 135 Å². The van der Waals surface area contributed by atoms with Crippen molar-refractivity contribution >= 4 is 39.8 Å². The van der Waals surface area contributed by atoms with E-state index in [9.17, 15) is 24.3 Å². The van der Waals surface area contributed by atoms with Crippen LogP contribution in [-0.2, 0) is 38.1 Å². The molecule has 0 bridgehead atoms. The monoisotopic (exact) mass is 546 g/mol. The quantitative estimate of drug-likeness (QED) is 0.250. The Morgan fingerprint density at radius 3 is 1.71 bits per heavy atom. The van der Waals surface area contributed by atoms with Gasteiger partial charge in [-0.3, -0.25) is 19.2 Å². The Morgan fingerprint density at radius 2 is 1.26 bits per heavy atom. The first-order valence-electron chi connectivity index (χ1n) is 10.5. The zero-order valence-corrected chi connectivity index (χ0v) is 21.8. The second-order valence-corrected chi connectivity index (χ2v) is 8.79. The highest BCUT2D eigenvalue weighted by atomic mass is 79.9. The van der Waals surface area contributed by atoms with Crippen molar-refractivity contribution in [2.45, 2.75) is 73.1 Å². The number of esters is 4. The molecular weight excluding hydrogens is 516 g/mol. The van der Waals surface area contributed by atoms with Gasteiger partial charge in [0.25, 0.3) is 0 Å². The number of carbonyl (C=O) groups is 4. The summed E-state index contributed by atoms with van der Waals surface area (Å²) in [6, 6.07) is 3.53. The Bertz CT molecular complexity index is 877. The van der Waals surface area contributed by atoms with Gasteiger partial charge in [-0.05, 0) is 37.1 Å². The molecule has 1 aromatic rings. The average molecular weight is 547 g/mol. The van der Waals surface area contributed by atoms with Gasteiger partial charge in [-0.1, -0.05) is 22.9 Å². The fourth-order valence-electron chi connectivity index (χ4n) is 3.31. The Balaban J connectivity index is 3.44. The first kappa shape index (κ1) is 29.4. The van der Waals surface area contributed by atoms with Gasteiger partial charge in [-0.2, -0.15) is 0 Å². The molecule has 1 rings (SSSR count). The predicted molar refractivity (Wildman–Crippen MR) is 123 cm³/mol. The van der Waals surface area contributed by atoms with Crippen molar-refractivity contribution in [3.8, 4) is 5.75 Å². The summed E-state index contributed by atoms with van der Waals surface area (Å²) in [4.78, 5) is 46.9. The van der Waals surface area contributed by atoms with Crippen molar-refractivity contribution in [2.75, 3.05) is 6.61 Å². The smallest absolute Gasteiger partial charge is 0.303 e. The summed E-state index contributed by atoms with van der Waals surface area (Å²) < 4.78 is 27.5. The molecule has 0 saturated heterocycles. The molecule has 10 nitrogen and oxygen atoms in total. The maximum atomic E-state index is 11.9. The van der Waals surface area contributed by atoms with Crippen LogP contribution < -0.4 is 4.74 Å². The molecule has 190 valence electrons. The molecule has 0 radical (unpaired) electrons. The second kappa shape index (κ2) is 13.3. The van der Waals surface area contributed by atoms with Crippen LogP contribution in [-0.4, -0.2) is 60.2 Å². The van der Waals surface area contributed by atoms with Crippen molar-refractivity contribution in [1.29, 1.82) is 0 Å². The molecule has 0 aliphatic carbocycles. The maximum absolute atomic E-state index is 11.9. The number of hydrogen-bond donors (Lipinski definition) is 1. The second-order valence-electron chi connectivity index (χ2n) is 7.88. The minimum absolute atomic E-state index is 0.195. The molecule has 1 aromatic carbocycles. The summed E-state index contributed by atoms with van der Waals surface area (Å²) in [5.41, 5.74) is 1.35. The van der Waals surface area contributed by atoms with Crippen molar-refractivity contribution < 1.29 is 48.0 Å². The van der Waals surface area contributed by atoms with E-state index in [1.165, 1.54) is 6.92 Å². The number of aliphatic hydroxyl groups is 1. The minimum atomic E-state index is -1.81. The van der Waals surface area contributed by atoms with Crippen LogP contribution in [0.2, 0.25) is 0 Å². The normalized spacial score (nSPS) is 15.2. The average Bonchev–Trinajstić information content (AvgIpc) is 2.69. The summed E-state index contributed by atoms with van der Waals surface area (Å²) in [5.74, 6) is -3.28. The molecule has 0 fully saturated rings. The molecule has 11 heteroatoms.